The number of anilines is 3. The third-order valence-corrected chi connectivity index (χ3v) is 9.23. The van der Waals surface area contributed by atoms with E-state index in [-0.39, 0.29) is 0 Å². The monoisotopic (exact) mass is 514 g/mol. The van der Waals surface area contributed by atoms with Crippen molar-refractivity contribution in [2.75, 3.05) is 4.90 Å². The minimum absolute atomic E-state index is 1.17. The quantitative estimate of drug-likeness (QED) is 0.223. The molecule has 39 heavy (non-hydrogen) atoms. The summed E-state index contributed by atoms with van der Waals surface area (Å²) in [5, 5.41) is 5.22. The molecule has 2 aromatic heterocycles. The van der Waals surface area contributed by atoms with Crippen molar-refractivity contribution < 1.29 is 0 Å². The molecule has 0 aliphatic carbocycles. The molecular formula is C36H22N2S. The van der Waals surface area contributed by atoms with Crippen LogP contribution in [0.5, 0.6) is 0 Å². The summed E-state index contributed by atoms with van der Waals surface area (Å²) in [6.45, 7) is 0. The fourth-order valence-electron chi connectivity index (χ4n) is 6.40. The molecule has 8 aromatic rings. The molecule has 1 aliphatic heterocycles. The summed E-state index contributed by atoms with van der Waals surface area (Å²) < 4.78 is 5.12. The van der Waals surface area contributed by atoms with Crippen molar-refractivity contribution >= 4 is 70.4 Å². The van der Waals surface area contributed by atoms with Gasteiger partial charge in [0.2, 0.25) is 0 Å². The fourth-order valence-corrected chi connectivity index (χ4v) is 7.48. The second-order valence-corrected chi connectivity index (χ2v) is 11.3. The molecule has 0 saturated carbocycles. The first-order valence-electron chi connectivity index (χ1n) is 13.3. The Bertz CT molecular complexity index is 2240. The van der Waals surface area contributed by atoms with Crippen LogP contribution < -0.4 is 4.90 Å². The predicted molar refractivity (Wildman–Crippen MR) is 167 cm³/mol. The summed E-state index contributed by atoms with van der Waals surface area (Å²) in [5.41, 5.74) is 9.74. The lowest BCUT2D eigenvalue weighted by Crippen LogP contribution is -2.18. The second-order valence-electron chi connectivity index (χ2n) is 10.2. The van der Waals surface area contributed by atoms with Crippen molar-refractivity contribution in [2.45, 2.75) is 0 Å². The molecule has 0 unspecified atom stereocenters. The summed E-state index contributed by atoms with van der Waals surface area (Å²) in [5.74, 6) is 0. The molecule has 6 aromatic carbocycles. The predicted octanol–water partition coefficient (Wildman–Crippen LogP) is 10.6. The highest BCUT2D eigenvalue weighted by Gasteiger charge is 2.29. The Morgan fingerprint density at radius 2 is 1.13 bits per heavy atom. The molecule has 1 aliphatic rings. The highest BCUT2D eigenvalue weighted by Crippen LogP contribution is 2.51. The van der Waals surface area contributed by atoms with Gasteiger partial charge < -0.3 is 9.47 Å². The summed E-state index contributed by atoms with van der Waals surface area (Å²) in [6, 6.07) is 48.8. The first-order chi connectivity index (χ1) is 19.3. The molecule has 0 spiro atoms. The van der Waals surface area contributed by atoms with Gasteiger partial charge in [0.25, 0.3) is 0 Å². The first-order valence-corrected chi connectivity index (χ1v) is 14.1. The standard InChI is InChI=1S/C36H22N2S/c1-2-10-25(11-3-1)37-31-15-7-8-16-32(31)38-30-14-6-4-12-26(30)29-21-24(22-33(37)36(29)38)23-18-19-35-28(20-23)27-13-5-9-17-34(27)39-35/h1-22H. The zero-order valence-electron chi connectivity index (χ0n) is 21.0. The lowest BCUT2D eigenvalue weighted by Gasteiger charge is -2.33. The van der Waals surface area contributed by atoms with Crippen LogP contribution in [-0.4, -0.2) is 4.57 Å². The molecule has 3 heterocycles. The van der Waals surface area contributed by atoms with Crippen LogP contribution in [0.4, 0.5) is 17.1 Å². The van der Waals surface area contributed by atoms with Gasteiger partial charge in [0.15, 0.2) is 0 Å². The molecule has 0 saturated heterocycles. The van der Waals surface area contributed by atoms with Gasteiger partial charge in [-0.1, -0.05) is 72.8 Å². The van der Waals surface area contributed by atoms with E-state index in [9.17, 15) is 0 Å². The van der Waals surface area contributed by atoms with Crippen molar-refractivity contribution in [2.24, 2.45) is 0 Å². The number of aromatic nitrogens is 1. The molecule has 0 N–H and O–H groups in total. The molecular weight excluding hydrogens is 492 g/mol. The zero-order chi connectivity index (χ0) is 25.5. The van der Waals surface area contributed by atoms with E-state index in [0.29, 0.717) is 0 Å². The normalized spacial score (nSPS) is 12.6. The van der Waals surface area contributed by atoms with Gasteiger partial charge in [-0.3, -0.25) is 0 Å². The Morgan fingerprint density at radius 1 is 0.436 bits per heavy atom. The van der Waals surface area contributed by atoms with Gasteiger partial charge in [-0.2, -0.15) is 0 Å². The van der Waals surface area contributed by atoms with E-state index >= 15 is 0 Å². The minimum Gasteiger partial charge on any atom is -0.306 e. The maximum Gasteiger partial charge on any atom is 0.0783 e. The van der Waals surface area contributed by atoms with E-state index in [1.165, 1.54) is 75.9 Å². The summed E-state index contributed by atoms with van der Waals surface area (Å²) >= 11 is 1.87. The molecule has 0 bridgehead atoms. The van der Waals surface area contributed by atoms with Crippen molar-refractivity contribution in [3.05, 3.63) is 133 Å². The van der Waals surface area contributed by atoms with E-state index in [2.05, 4.69) is 143 Å². The Hall–Kier alpha value is -4.86. The number of hydrogen-bond acceptors (Lipinski definition) is 2. The number of para-hydroxylation sites is 4. The number of hydrogen-bond donors (Lipinski definition) is 0. The molecule has 3 heteroatoms. The van der Waals surface area contributed by atoms with E-state index in [0.717, 1.165) is 0 Å². The highest BCUT2D eigenvalue weighted by molar-refractivity contribution is 7.25. The molecule has 9 rings (SSSR count). The molecule has 182 valence electrons. The number of fused-ring (bicyclic) bond motifs is 8. The van der Waals surface area contributed by atoms with Crippen LogP contribution in [0.15, 0.2) is 133 Å². The maximum absolute atomic E-state index is 2.45. The first kappa shape index (κ1) is 21.1. The largest absolute Gasteiger partial charge is 0.306 e. The van der Waals surface area contributed by atoms with Gasteiger partial charge in [0.05, 0.1) is 28.1 Å². The summed E-state index contributed by atoms with van der Waals surface area (Å²) in [6.07, 6.45) is 0. The summed E-state index contributed by atoms with van der Waals surface area (Å²) in [4.78, 5) is 2.43. The van der Waals surface area contributed by atoms with E-state index in [4.69, 9.17) is 0 Å². The van der Waals surface area contributed by atoms with Gasteiger partial charge >= 0.3 is 0 Å². The van der Waals surface area contributed by atoms with Crippen LogP contribution in [0.3, 0.4) is 0 Å². The van der Waals surface area contributed by atoms with Crippen LogP contribution in [-0.2, 0) is 0 Å². The van der Waals surface area contributed by atoms with Crippen molar-refractivity contribution in [1.82, 2.24) is 4.57 Å². The number of nitrogens with zero attached hydrogens (tertiary/aromatic N) is 2. The van der Waals surface area contributed by atoms with Crippen LogP contribution >= 0.6 is 11.3 Å². The van der Waals surface area contributed by atoms with E-state index in [1.807, 2.05) is 11.3 Å². The van der Waals surface area contributed by atoms with Crippen molar-refractivity contribution in [3.63, 3.8) is 0 Å². The van der Waals surface area contributed by atoms with Crippen LogP contribution in [0.2, 0.25) is 0 Å². The van der Waals surface area contributed by atoms with Crippen LogP contribution in [0.25, 0.3) is 58.8 Å². The van der Waals surface area contributed by atoms with Crippen molar-refractivity contribution in [1.29, 1.82) is 0 Å². The zero-order valence-corrected chi connectivity index (χ0v) is 21.8. The molecule has 0 fully saturated rings. The number of benzene rings is 6. The Kier molecular flexibility index (Phi) is 4.24. The SMILES string of the molecule is c1ccc(N2c3ccccc3-n3c4ccccc4c4cc(-c5ccc6sc7ccccc7c6c5)cc2c43)cc1. The molecule has 0 atom stereocenters. The lowest BCUT2D eigenvalue weighted by molar-refractivity contribution is 1.11. The lowest BCUT2D eigenvalue weighted by atomic mass is 9.98. The minimum atomic E-state index is 1.17. The highest BCUT2D eigenvalue weighted by atomic mass is 32.1. The van der Waals surface area contributed by atoms with Crippen molar-refractivity contribution in [3.8, 4) is 16.8 Å². The average Bonchev–Trinajstić information content (AvgIpc) is 3.54. The van der Waals surface area contributed by atoms with E-state index in [1.54, 1.807) is 0 Å². The Labute approximate surface area is 229 Å². The Morgan fingerprint density at radius 3 is 2.03 bits per heavy atom. The third-order valence-electron chi connectivity index (χ3n) is 8.08. The van der Waals surface area contributed by atoms with E-state index < -0.39 is 0 Å². The molecule has 0 amide bonds. The fraction of sp³-hybridized carbons (Fsp3) is 0. The Balaban J connectivity index is 1.41. The van der Waals surface area contributed by atoms with Gasteiger partial charge in [0.1, 0.15) is 0 Å². The maximum atomic E-state index is 2.45. The van der Waals surface area contributed by atoms with Gasteiger partial charge in [-0.15, -0.1) is 11.3 Å². The third kappa shape index (κ3) is 2.91. The molecule has 2 nitrogen and oxygen atoms in total. The number of thiophene rings is 1. The van der Waals surface area contributed by atoms with Crippen LogP contribution in [0, 0.1) is 0 Å². The topological polar surface area (TPSA) is 8.17 Å². The summed E-state index contributed by atoms with van der Waals surface area (Å²) in [7, 11) is 0. The van der Waals surface area contributed by atoms with Crippen LogP contribution in [0.1, 0.15) is 0 Å². The average molecular weight is 515 g/mol. The smallest absolute Gasteiger partial charge is 0.0783 e. The second kappa shape index (κ2) is 7.83. The van der Waals surface area contributed by atoms with Gasteiger partial charge in [-0.05, 0) is 71.8 Å². The molecule has 0 radical (unpaired) electrons. The number of rotatable bonds is 2. The van der Waals surface area contributed by atoms with Gasteiger partial charge in [-0.25, -0.2) is 0 Å². The van der Waals surface area contributed by atoms with Gasteiger partial charge in [0, 0.05) is 36.6 Å².